The zero-order chi connectivity index (χ0) is 20.1. The molecule has 0 aliphatic rings. The molecule has 1 aromatic heterocycles. The van der Waals surface area contributed by atoms with Crippen molar-refractivity contribution in [2.24, 2.45) is 5.73 Å². The van der Waals surface area contributed by atoms with Crippen molar-refractivity contribution in [1.29, 1.82) is 0 Å². The van der Waals surface area contributed by atoms with Crippen molar-refractivity contribution in [2.75, 3.05) is 12.4 Å². The predicted octanol–water partition coefficient (Wildman–Crippen LogP) is 4.42. The summed E-state index contributed by atoms with van der Waals surface area (Å²) in [5.74, 6) is -0.511. The Morgan fingerprint density at radius 1 is 1.00 bits per heavy atom. The molecule has 0 saturated heterocycles. The van der Waals surface area contributed by atoms with Crippen molar-refractivity contribution in [2.45, 2.75) is 12.1 Å². The molecule has 0 amide bonds. The molecule has 0 aliphatic carbocycles. The molecule has 8 heteroatoms. The van der Waals surface area contributed by atoms with E-state index < -0.39 is 18.1 Å². The van der Waals surface area contributed by atoms with E-state index in [9.17, 15) is 4.79 Å². The van der Waals surface area contributed by atoms with Gasteiger partial charge in [0.1, 0.15) is 5.02 Å². The first kappa shape index (κ1) is 20.1. The standard InChI is InChI=1S/C20H18Cl2N4O2/c1-28-19(27)17-14(21)18(26-20(22)25-17)24-16(13-10-6-3-7-11-13)15(23)12-8-4-2-5-9-12/h2-11,15-16H,23H2,1H3,(H,24,25,26). The largest absolute Gasteiger partial charge is 0.464 e. The summed E-state index contributed by atoms with van der Waals surface area (Å²) < 4.78 is 4.71. The second kappa shape index (κ2) is 9.01. The van der Waals surface area contributed by atoms with Crippen LogP contribution in [0.25, 0.3) is 0 Å². The zero-order valence-corrected chi connectivity index (χ0v) is 16.5. The Morgan fingerprint density at radius 3 is 2.14 bits per heavy atom. The topological polar surface area (TPSA) is 90.1 Å². The molecule has 144 valence electrons. The van der Waals surface area contributed by atoms with Gasteiger partial charge in [0.25, 0.3) is 0 Å². The molecule has 2 aromatic carbocycles. The summed E-state index contributed by atoms with van der Waals surface area (Å²) in [6.45, 7) is 0. The van der Waals surface area contributed by atoms with Gasteiger partial charge in [0, 0.05) is 0 Å². The number of esters is 1. The molecule has 28 heavy (non-hydrogen) atoms. The summed E-state index contributed by atoms with van der Waals surface area (Å²) in [5.41, 5.74) is 8.28. The van der Waals surface area contributed by atoms with Gasteiger partial charge in [-0.15, -0.1) is 0 Å². The molecular formula is C20H18Cl2N4O2. The second-order valence-electron chi connectivity index (χ2n) is 5.96. The number of nitrogens with two attached hydrogens (primary N) is 1. The van der Waals surface area contributed by atoms with Crippen LogP contribution in [0.3, 0.4) is 0 Å². The van der Waals surface area contributed by atoms with Crippen molar-refractivity contribution < 1.29 is 9.53 Å². The molecule has 0 aliphatic heterocycles. The van der Waals surface area contributed by atoms with Crippen molar-refractivity contribution in [1.82, 2.24) is 9.97 Å². The fourth-order valence-corrected chi connectivity index (χ4v) is 3.19. The monoisotopic (exact) mass is 416 g/mol. The summed E-state index contributed by atoms with van der Waals surface area (Å²) in [5, 5.41) is 3.10. The lowest BCUT2D eigenvalue weighted by atomic mass is 9.94. The summed E-state index contributed by atoms with van der Waals surface area (Å²) in [6.07, 6.45) is 0. The Morgan fingerprint density at radius 2 is 1.57 bits per heavy atom. The van der Waals surface area contributed by atoms with E-state index in [-0.39, 0.29) is 21.8 Å². The van der Waals surface area contributed by atoms with E-state index in [1.165, 1.54) is 7.11 Å². The molecule has 3 N–H and O–H groups in total. The third-order valence-electron chi connectivity index (χ3n) is 4.20. The maximum atomic E-state index is 11.9. The number of nitrogens with zero attached hydrogens (tertiary/aromatic N) is 2. The van der Waals surface area contributed by atoms with Crippen LogP contribution in [0, 0.1) is 0 Å². The number of nitrogens with one attached hydrogen (secondary N) is 1. The smallest absolute Gasteiger partial charge is 0.358 e. The number of methoxy groups -OCH3 is 1. The average Bonchev–Trinajstić information content (AvgIpc) is 2.74. The summed E-state index contributed by atoms with van der Waals surface area (Å²) in [7, 11) is 1.24. The highest BCUT2D eigenvalue weighted by Gasteiger charge is 2.25. The van der Waals surface area contributed by atoms with Gasteiger partial charge in [0.05, 0.1) is 19.2 Å². The van der Waals surface area contributed by atoms with Crippen LogP contribution in [-0.4, -0.2) is 23.0 Å². The van der Waals surface area contributed by atoms with E-state index in [4.69, 9.17) is 33.7 Å². The van der Waals surface area contributed by atoms with E-state index in [0.29, 0.717) is 0 Å². The third kappa shape index (κ3) is 4.42. The molecule has 6 nitrogen and oxygen atoms in total. The van der Waals surface area contributed by atoms with Crippen molar-refractivity contribution in [3.63, 3.8) is 0 Å². The first-order valence-electron chi connectivity index (χ1n) is 8.44. The summed E-state index contributed by atoms with van der Waals surface area (Å²) in [4.78, 5) is 19.9. The molecule has 3 rings (SSSR count). The Labute approximate surface area is 172 Å². The fourth-order valence-electron chi connectivity index (χ4n) is 2.80. The minimum Gasteiger partial charge on any atom is -0.464 e. The highest BCUT2D eigenvalue weighted by molar-refractivity contribution is 6.36. The lowest BCUT2D eigenvalue weighted by Crippen LogP contribution is -2.27. The Balaban J connectivity index is 2.03. The Bertz CT molecular complexity index is 955. The van der Waals surface area contributed by atoms with Crippen LogP contribution in [0.4, 0.5) is 5.82 Å². The van der Waals surface area contributed by atoms with E-state index in [2.05, 4.69) is 15.3 Å². The Kier molecular flexibility index (Phi) is 6.46. The van der Waals surface area contributed by atoms with E-state index in [1.54, 1.807) is 0 Å². The van der Waals surface area contributed by atoms with E-state index in [1.807, 2.05) is 60.7 Å². The molecular weight excluding hydrogens is 399 g/mol. The molecule has 0 radical (unpaired) electrons. The fraction of sp³-hybridized carbons (Fsp3) is 0.150. The molecule has 0 bridgehead atoms. The number of hydrogen-bond donors (Lipinski definition) is 2. The molecule has 0 spiro atoms. The molecule has 0 fully saturated rings. The van der Waals surface area contributed by atoms with E-state index >= 15 is 0 Å². The first-order valence-corrected chi connectivity index (χ1v) is 9.20. The number of rotatable bonds is 6. The maximum absolute atomic E-state index is 11.9. The first-order chi connectivity index (χ1) is 13.5. The van der Waals surface area contributed by atoms with Gasteiger partial charge in [-0.25, -0.2) is 9.78 Å². The van der Waals surface area contributed by atoms with Gasteiger partial charge >= 0.3 is 5.97 Å². The van der Waals surface area contributed by atoms with E-state index in [0.717, 1.165) is 11.1 Å². The van der Waals surface area contributed by atoms with Gasteiger partial charge in [-0.05, 0) is 22.7 Å². The lowest BCUT2D eigenvalue weighted by Gasteiger charge is -2.27. The minimum absolute atomic E-state index is 0.0115. The SMILES string of the molecule is COC(=O)c1nc(Cl)nc(NC(c2ccccc2)C(N)c2ccccc2)c1Cl. The number of carbonyl (C=O) groups excluding carboxylic acids is 1. The quantitative estimate of drug-likeness (QED) is 0.456. The van der Waals surface area contributed by atoms with Crippen LogP contribution in [0.5, 0.6) is 0 Å². The number of aromatic nitrogens is 2. The molecule has 1 heterocycles. The van der Waals surface area contributed by atoms with Gasteiger partial charge in [0.15, 0.2) is 11.5 Å². The maximum Gasteiger partial charge on any atom is 0.358 e. The van der Waals surface area contributed by atoms with Crippen LogP contribution in [-0.2, 0) is 4.74 Å². The predicted molar refractivity (Wildman–Crippen MR) is 110 cm³/mol. The number of ether oxygens (including phenoxy) is 1. The summed E-state index contributed by atoms with van der Waals surface area (Å²) >= 11 is 12.3. The van der Waals surface area contributed by atoms with Crippen LogP contribution in [0.15, 0.2) is 60.7 Å². The van der Waals surface area contributed by atoms with Gasteiger partial charge in [-0.2, -0.15) is 4.98 Å². The van der Waals surface area contributed by atoms with Crippen LogP contribution in [0.1, 0.15) is 33.7 Å². The molecule has 0 saturated carbocycles. The molecule has 2 atom stereocenters. The number of anilines is 1. The molecule has 3 aromatic rings. The lowest BCUT2D eigenvalue weighted by molar-refractivity contribution is 0.0594. The number of halogens is 2. The van der Waals surface area contributed by atoms with Crippen LogP contribution in [0.2, 0.25) is 10.3 Å². The van der Waals surface area contributed by atoms with Crippen LogP contribution >= 0.6 is 23.2 Å². The molecule has 2 unspecified atom stereocenters. The third-order valence-corrected chi connectivity index (χ3v) is 4.72. The minimum atomic E-state index is -0.707. The zero-order valence-electron chi connectivity index (χ0n) is 15.0. The number of hydrogen-bond acceptors (Lipinski definition) is 6. The number of carbonyl (C=O) groups is 1. The summed E-state index contributed by atoms with van der Waals surface area (Å²) in [6, 6.07) is 18.5. The van der Waals surface area contributed by atoms with Gasteiger partial charge in [-0.1, -0.05) is 72.3 Å². The van der Waals surface area contributed by atoms with Gasteiger partial charge < -0.3 is 15.8 Å². The van der Waals surface area contributed by atoms with Crippen molar-refractivity contribution in [3.8, 4) is 0 Å². The van der Waals surface area contributed by atoms with Gasteiger partial charge in [-0.3, -0.25) is 0 Å². The van der Waals surface area contributed by atoms with Crippen molar-refractivity contribution in [3.05, 3.63) is 87.8 Å². The number of benzene rings is 2. The highest BCUT2D eigenvalue weighted by atomic mass is 35.5. The average molecular weight is 417 g/mol. The normalized spacial score (nSPS) is 12.9. The van der Waals surface area contributed by atoms with Crippen LogP contribution < -0.4 is 11.1 Å². The Hall–Kier alpha value is -2.67. The highest BCUT2D eigenvalue weighted by Crippen LogP contribution is 2.33. The van der Waals surface area contributed by atoms with Gasteiger partial charge in [0.2, 0.25) is 5.28 Å². The second-order valence-corrected chi connectivity index (χ2v) is 6.68. The van der Waals surface area contributed by atoms with Crippen molar-refractivity contribution >= 4 is 35.0 Å².